The fraction of sp³-hybridized carbons (Fsp3) is 0.682. The van der Waals surface area contributed by atoms with Crippen molar-refractivity contribution in [2.45, 2.75) is 74.8 Å². The number of halogens is 1. The van der Waals surface area contributed by atoms with Gasteiger partial charge in [-0.25, -0.2) is 12.8 Å². The predicted octanol–water partition coefficient (Wildman–Crippen LogP) is 3.52. The summed E-state index contributed by atoms with van der Waals surface area (Å²) in [6.45, 7) is 3.17. The average Bonchev–Trinajstić information content (AvgIpc) is 2.58. The highest BCUT2D eigenvalue weighted by Gasteiger charge is 2.58. The topological polar surface area (TPSA) is 74.7 Å². The molecule has 4 bridgehead atoms. The van der Waals surface area contributed by atoms with Gasteiger partial charge >= 0.3 is 0 Å². The van der Waals surface area contributed by atoms with Crippen LogP contribution in [0.25, 0.3) is 0 Å². The Balaban J connectivity index is 1.57. The van der Waals surface area contributed by atoms with Crippen molar-refractivity contribution < 1.29 is 22.7 Å². The molecule has 29 heavy (non-hydrogen) atoms. The van der Waals surface area contributed by atoms with E-state index in [-0.39, 0.29) is 17.6 Å². The van der Waals surface area contributed by atoms with Crippen molar-refractivity contribution in [3.8, 4) is 0 Å². The number of hydrogen-bond donors (Lipinski definition) is 1. The minimum atomic E-state index is -4.16. The van der Waals surface area contributed by atoms with Crippen LogP contribution in [0.5, 0.6) is 0 Å². The molecule has 4 saturated carbocycles. The summed E-state index contributed by atoms with van der Waals surface area (Å²) in [4.78, 5) is 13.0. The first-order valence-electron chi connectivity index (χ1n) is 10.4. The molecule has 1 N–H and O–H groups in total. The normalized spacial score (nSPS) is 34.0. The second-order valence-corrected chi connectivity index (χ2v) is 12.2. The van der Waals surface area contributed by atoms with Crippen LogP contribution < -0.4 is 0 Å². The standard InChI is InChI=1S/C22H30FNO4S/c1-20(2,24(3)29(27,28)18-7-5-4-6-17(18)23)19(25)13-21-9-15-8-16(10-21)12-22(26,11-15)14-21/h4-7,15-16,26H,8-14H2,1-3H3. The lowest BCUT2D eigenvalue weighted by atomic mass is 9.46. The van der Waals surface area contributed by atoms with Gasteiger partial charge in [0.2, 0.25) is 10.0 Å². The molecular weight excluding hydrogens is 393 g/mol. The highest BCUT2D eigenvalue weighted by Crippen LogP contribution is 2.63. The zero-order chi connectivity index (χ0) is 21.2. The van der Waals surface area contributed by atoms with Gasteiger partial charge in [0.15, 0.2) is 5.78 Å². The number of aliphatic hydroxyl groups is 1. The molecule has 0 saturated heterocycles. The number of rotatable bonds is 6. The van der Waals surface area contributed by atoms with Gasteiger partial charge in [0.1, 0.15) is 10.7 Å². The third-order valence-electron chi connectivity index (χ3n) is 7.63. The molecule has 2 unspecified atom stereocenters. The molecule has 0 amide bonds. The minimum absolute atomic E-state index is 0.175. The van der Waals surface area contributed by atoms with Crippen LogP contribution in [0.3, 0.4) is 0 Å². The number of carbonyl (C=O) groups is 1. The van der Waals surface area contributed by atoms with Gasteiger partial charge < -0.3 is 5.11 Å². The van der Waals surface area contributed by atoms with Crippen LogP contribution in [0, 0.1) is 23.1 Å². The Morgan fingerprint density at radius 3 is 2.34 bits per heavy atom. The van der Waals surface area contributed by atoms with E-state index in [1.807, 2.05) is 0 Å². The number of ketones is 1. The van der Waals surface area contributed by atoms with E-state index in [0.29, 0.717) is 18.3 Å². The third-order valence-corrected chi connectivity index (χ3v) is 9.70. The van der Waals surface area contributed by atoms with Gasteiger partial charge in [0.25, 0.3) is 0 Å². The molecule has 2 atom stereocenters. The Kier molecular flexibility index (Phi) is 4.76. The van der Waals surface area contributed by atoms with Crippen molar-refractivity contribution in [2.24, 2.45) is 17.3 Å². The largest absolute Gasteiger partial charge is 0.390 e. The molecule has 4 fully saturated rings. The quantitative estimate of drug-likeness (QED) is 0.760. The maximum atomic E-state index is 14.1. The SMILES string of the molecule is CN(C(C)(C)C(=O)CC12CC3CC(CC(O)(C3)C1)C2)S(=O)(=O)c1ccccc1F. The Bertz CT molecular complexity index is 928. The van der Waals surface area contributed by atoms with Crippen molar-refractivity contribution in [2.75, 3.05) is 7.05 Å². The van der Waals surface area contributed by atoms with Gasteiger partial charge in [-0.1, -0.05) is 12.1 Å². The number of sulfonamides is 1. The molecule has 7 heteroatoms. The van der Waals surface area contributed by atoms with E-state index in [1.54, 1.807) is 13.8 Å². The van der Waals surface area contributed by atoms with Crippen molar-refractivity contribution in [1.29, 1.82) is 0 Å². The lowest BCUT2D eigenvalue weighted by Crippen LogP contribution is -2.58. The maximum Gasteiger partial charge on any atom is 0.246 e. The summed E-state index contributed by atoms with van der Waals surface area (Å²) in [6.07, 6.45) is 5.51. The van der Waals surface area contributed by atoms with Gasteiger partial charge in [-0.05, 0) is 81.8 Å². The minimum Gasteiger partial charge on any atom is -0.390 e. The summed E-state index contributed by atoms with van der Waals surface area (Å²) < 4.78 is 41.2. The smallest absolute Gasteiger partial charge is 0.246 e. The molecule has 0 aliphatic heterocycles. The molecule has 5 rings (SSSR count). The molecule has 4 aliphatic rings. The first kappa shape index (κ1) is 20.9. The molecular formula is C22H30FNO4S. The monoisotopic (exact) mass is 423 g/mol. The van der Waals surface area contributed by atoms with E-state index in [1.165, 1.54) is 25.2 Å². The van der Waals surface area contributed by atoms with E-state index in [2.05, 4.69) is 0 Å². The van der Waals surface area contributed by atoms with Gasteiger partial charge in [-0.15, -0.1) is 0 Å². The summed E-state index contributed by atoms with van der Waals surface area (Å²) in [6, 6.07) is 5.22. The number of benzene rings is 1. The molecule has 0 heterocycles. The van der Waals surface area contributed by atoms with E-state index in [9.17, 15) is 22.7 Å². The van der Waals surface area contributed by atoms with Crippen LogP contribution >= 0.6 is 0 Å². The lowest BCUT2D eigenvalue weighted by molar-refractivity contribution is -0.170. The zero-order valence-corrected chi connectivity index (χ0v) is 18.1. The molecule has 1 aromatic carbocycles. The third kappa shape index (κ3) is 3.45. The Hall–Kier alpha value is -1.31. The summed E-state index contributed by atoms with van der Waals surface area (Å²) in [5.41, 5.74) is -2.22. The van der Waals surface area contributed by atoms with Crippen LogP contribution in [-0.4, -0.2) is 41.8 Å². The number of carbonyl (C=O) groups excluding carboxylic acids is 1. The summed E-state index contributed by atoms with van der Waals surface area (Å²) in [7, 11) is -2.82. The molecule has 5 nitrogen and oxygen atoms in total. The second-order valence-electron chi connectivity index (χ2n) is 10.2. The van der Waals surface area contributed by atoms with Crippen molar-refractivity contribution >= 4 is 15.8 Å². The van der Waals surface area contributed by atoms with Crippen LogP contribution in [0.4, 0.5) is 4.39 Å². The van der Waals surface area contributed by atoms with E-state index in [0.717, 1.165) is 42.5 Å². The van der Waals surface area contributed by atoms with E-state index < -0.39 is 31.9 Å². The average molecular weight is 424 g/mol. The summed E-state index contributed by atoms with van der Waals surface area (Å²) in [5.74, 6) is -0.0922. The lowest BCUT2D eigenvalue weighted by Gasteiger charge is -2.60. The van der Waals surface area contributed by atoms with Gasteiger partial charge in [0.05, 0.1) is 11.1 Å². The Labute approximate surface area is 172 Å². The van der Waals surface area contributed by atoms with Gasteiger partial charge in [0, 0.05) is 13.5 Å². The molecule has 1 aromatic rings. The number of Topliss-reactive ketones (excluding diaryl/α,β-unsaturated/α-hetero) is 1. The molecule has 0 radical (unpaired) electrons. The fourth-order valence-corrected chi connectivity index (χ4v) is 8.01. The van der Waals surface area contributed by atoms with Gasteiger partial charge in [-0.3, -0.25) is 4.79 Å². The summed E-state index contributed by atoms with van der Waals surface area (Å²) >= 11 is 0. The zero-order valence-electron chi connectivity index (χ0n) is 17.3. The van der Waals surface area contributed by atoms with Crippen LogP contribution in [-0.2, 0) is 14.8 Å². The molecule has 160 valence electrons. The predicted molar refractivity (Wildman–Crippen MR) is 107 cm³/mol. The van der Waals surface area contributed by atoms with Crippen LogP contribution in [0.2, 0.25) is 0 Å². The number of hydrogen-bond acceptors (Lipinski definition) is 4. The van der Waals surface area contributed by atoms with Crippen molar-refractivity contribution in [1.82, 2.24) is 4.31 Å². The highest BCUT2D eigenvalue weighted by molar-refractivity contribution is 7.89. The van der Waals surface area contributed by atoms with Crippen LogP contribution in [0.15, 0.2) is 29.2 Å². The van der Waals surface area contributed by atoms with Crippen LogP contribution in [0.1, 0.15) is 58.8 Å². The molecule has 0 spiro atoms. The molecule has 0 aromatic heterocycles. The first-order valence-corrected chi connectivity index (χ1v) is 11.8. The second kappa shape index (κ2) is 6.59. The van der Waals surface area contributed by atoms with Gasteiger partial charge in [-0.2, -0.15) is 4.31 Å². The summed E-state index contributed by atoms with van der Waals surface area (Å²) in [5, 5.41) is 10.9. The maximum absolute atomic E-state index is 14.1. The van der Waals surface area contributed by atoms with E-state index >= 15 is 0 Å². The fourth-order valence-electron chi connectivity index (χ4n) is 6.44. The van der Waals surface area contributed by atoms with Crippen molar-refractivity contribution in [3.05, 3.63) is 30.1 Å². The Morgan fingerprint density at radius 2 is 1.79 bits per heavy atom. The highest BCUT2D eigenvalue weighted by atomic mass is 32.2. The van der Waals surface area contributed by atoms with E-state index in [4.69, 9.17) is 0 Å². The first-order chi connectivity index (χ1) is 13.4. The molecule has 4 aliphatic carbocycles. The number of nitrogens with zero attached hydrogens (tertiary/aromatic N) is 1. The number of likely N-dealkylation sites (N-methyl/N-ethyl adjacent to an activating group) is 1. The van der Waals surface area contributed by atoms with Crippen molar-refractivity contribution in [3.63, 3.8) is 0 Å². The Morgan fingerprint density at radius 1 is 1.21 bits per heavy atom.